The molecule has 0 aromatic heterocycles. The van der Waals surface area contributed by atoms with Gasteiger partial charge in [0.05, 0.1) is 12.0 Å². The van der Waals surface area contributed by atoms with Crippen LogP contribution in [0, 0.1) is 0 Å². The lowest BCUT2D eigenvalue weighted by atomic mass is 9.88. The quantitative estimate of drug-likeness (QED) is 0.414. The maximum atomic E-state index is 14.3. The van der Waals surface area contributed by atoms with Crippen LogP contribution in [0.5, 0.6) is 0 Å². The molecule has 6 heteroatoms. The van der Waals surface area contributed by atoms with Crippen molar-refractivity contribution in [3.05, 3.63) is 106 Å². The topological polar surface area (TPSA) is 89.4 Å². The van der Waals surface area contributed by atoms with E-state index in [2.05, 4.69) is 15.9 Å². The van der Waals surface area contributed by atoms with E-state index in [-0.39, 0.29) is 11.9 Å². The molecule has 0 radical (unpaired) electrons. The lowest BCUT2D eigenvalue weighted by Gasteiger charge is -2.38. The van der Waals surface area contributed by atoms with E-state index < -0.39 is 17.9 Å². The van der Waals surface area contributed by atoms with Gasteiger partial charge in [-0.15, -0.1) is 0 Å². The molecule has 2 atom stereocenters. The molecule has 33 heavy (non-hydrogen) atoms. The summed E-state index contributed by atoms with van der Waals surface area (Å²) in [7, 11) is 0. The first-order valence-electron chi connectivity index (χ1n) is 11.1. The zero-order valence-corrected chi connectivity index (χ0v) is 20.3. The van der Waals surface area contributed by atoms with Gasteiger partial charge in [-0.3, -0.25) is 9.59 Å². The van der Waals surface area contributed by atoms with E-state index >= 15 is 0 Å². The number of hydrogen-bond donors (Lipinski definition) is 2. The molecule has 5 nitrogen and oxygen atoms in total. The summed E-state index contributed by atoms with van der Waals surface area (Å²) in [6.45, 7) is 2.35. The summed E-state index contributed by atoms with van der Waals surface area (Å²) >= 11 is 3.46. The maximum Gasteiger partial charge on any atom is 0.240 e. The number of primary amides is 1. The fourth-order valence-corrected chi connectivity index (χ4v) is 4.43. The number of benzene rings is 3. The van der Waals surface area contributed by atoms with Crippen LogP contribution in [0.2, 0.25) is 0 Å². The molecule has 3 aromatic rings. The Morgan fingerprint density at radius 1 is 0.848 bits per heavy atom. The van der Waals surface area contributed by atoms with Gasteiger partial charge in [-0.25, -0.2) is 0 Å². The summed E-state index contributed by atoms with van der Waals surface area (Å²) in [5.74, 6) is -1.26. The van der Waals surface area contributed by atoms with Gasteiger partial charge in [-0.05, 0) is 55.1 Å². The summed E-state index contributed by atoms with van der Waals surface area (Å²) < 4.78 is 0.942. The van der Waals surface area contributed by atoms with E-state index in [1.54, 1.807) is 4.90 Å². The van der Waals surface area contributed by atoms with Crippen LogP contribution in [-0.4, -0.2) is 29.3 Å². The van der Waals surface area contributed by atoms with Gasteiger partial charge in [-0.1, -0.05) is 88.7 Å². The Morgan fingerprint density at radius 2 is 1.36 bits per heavy atom. The number of nitrogens with zero attached hydrogens (tertiary/aromatic N) is 1. The fraction of sp³-hybridized carbons (Fsp3) is 0.259. The largest absolute Gasteiger partial charge is 0.368 e. The first kappa shape index (κ1) is 24.7. The monoisotopic (exact) mass is 507 g/mol. The Morgan fingerprint density at radius 3 is 1.82 bits per heavy atom. The van der Waals surface area contributed by atoms with Crippen LogP contribution in [0.15, 0.2) is 89.4 Å². The molecule has 4 N–H and O–H groups in total. The molecule has 0 spiro atoms. The Bertz CT molecular complexity index is 1000. The van der Waals surface area contributed by atoms with Gasteiger partial charge in [0.1, 0.15) is 6.04 Å². The normalized spacial score (nSPS) is 12.8. The molecule has 0 saturated carbocycles. The molecule has 0 unspecified atom stereocenters. The number of nitrogens with two attached hydrogens (primary N) is 2. The third-order valence-electron chi connectivity index (χ3n) is 5.88. The summed E-state index contributed by atoms with van der Waals surface area (Å²) in [6, 6.07) is 25.9. The van der Waals surface area contributed by atoms with Crippen LogP contribution >= 0.6 is 15.9 Å². The molecule has 0 aliphatic rings. The highest BCUT2D eigenvalue weighted by molar-refractivity contribution is 9.10. The van der Waals surface area contributed by atoms with Crippen molar-refractivity contribution in [2.45, 2.75) is 37.8 Å². The highest BCUT2D eigenvalue weighted by Crippen LogP contribution is 2.33. The van der Waals surface area contributed by atoms with E-state index in [0.717, 1.165) is 21.2 Å². The highest BCUT2D eigenvalue weighted by atomic mass is 79.9. The van der Waals surface area contributed by atoms with E-state index in [9.17, 15) is 9.59 Å². The third kappa shape index (κ3) is 6.09. The maximum absolute atomic E-state index is 14.3. The average molecular weight is 508 g/mol. The van der Waals surface area contributed by atoms with Gasteiger partial charge in [0.2, 0.25) is 11.8 Å². The molecule has 3 aromatic carbocycles. The second-order valence-corrected chi connectivity index (χ2v) is 8.99. The highest BCUT2D eigenvalue weighted by Gasteiger charge is 2.37. The molecular formula is C27H30BrN3O2. The van der Waals surface area contributed by atoms with Crippen LogP contribution in [0.25, 0.3) is 0 Å². The predicted molar refractivity (Wildman–Crippen MR) is 135 cm³/mol. The molecule has 172 valence electrons. The Balaban J connectivity index is 2.12. The van der Waals surface area contributed by atoms with Crippen LogP contribution in [0.3, 0.4) is 0 Å². The van der Waals surface area contributed by atoms with Gasteiger partial charge >= 0.3 is 0 Å². The zero-order valence-electron chi connectivity index (χ0n) is 18.7. The number of hydrogen-bond acceptors (Lipinski definition) is 3. The minimum absolute atomic E-state index is 0.163. The third-order valence-corrected chi connectivity index (χ3v) is 6.41. The molecule has 0 aliphatic carbocycles. The number of carbonyl (C=O) groups excluding carboxylic acids is 2. The number of carbonyl (C=O) groups is 2. The molecule has 2 amide bonds. The summed E-state index contributed by atoms with van der Waals surface area (Å²) in [5.41, 5.74) is 14.2. The first-order valence-corrected chi connectivity index (χ1v) is 11.9. The summed E-state index contributed by atoms with van der Waals surface area (Å²) in [6.07, 6.45) is 1.00. The van der Waals surface area contributed by atoms with Gasteiger partial charge in [0.25, 0.3) is 0 Å². The second-order valence-electron chi connectivity index (χ2n) is 8.08. The summed E-state index contributed by atoms with van der Waals surface area (Å²) in [5, 5.41) is 0. The van der Waals surface area contributed by atoms with Crippen LogP contribution in [0.1, 0.15) is 48.4 Å². The van der Waals surface area contributed by atoms with Crippen molar-refractivity contribution < 1.29 is 9.59 Å². The molecule has 0 fully saturated rings. The number of halogens is 1. The molecule has 0 aliphatic heterocycles. The van der Waals surface area contributed by atoms with Crippen LogP contribution < -0.4 is 11.5 Å². The van der Waals surface area contributed by atoms with Crippen LogP contribution in [-0.2, 0) is 9.59 Å². The van der Waals surface area contributed by atoms with E-state index in [1.807, 2.05) is 91.9 Å². The lowest BCUT2D eigenvalue weighted by molar-refractivity contribution is -0.142. The molecule has 0 heterocycles. The van der Waals surface area contributed by atoms with Gasteiger partial charge in [-0.2, -0.15) is 0 Å². The van der Waals surface area contributed by atoms with E-state index in [4.69, 9.17) is 11.5 Å². The standard InChI is InChI=1S/C27H30BrN3O2/c1-19(20-14-16-23(28)17-15-20)31(24(26(30)32)13-8-18-29)27(33)25(21-9-4-2-5-10-21)22-11-6-3-7-12-22/h2-7,9-12,14-17,19,24-25H,8,13,18,29H2,1H3,(H2,30,32)/t19-,24-/m1/s1. The van der Waals surface area contributed by atoms with Crippen molar-refractivity contribution >= 4 is 27.7 Å². The first-order chi connectivity index (χ1) is 15.9. The SMILES string of the molecule is C[C@H](c1ccc(Br)cc1)N(C(=O)C(c1ccccc1)c1ccccc1)[C@H](CCCN)C(N)=O. The fourth-order valence-electron chi connectivity index (χ4n) is 4.16. The van der Waals surface area contributed by atoms with Crippen molar-refractivity contribution in [3.8, 4) is 0 Å². The minimum atomic E-state index is -0.769. The Hall–Kier alpha value is -2.96. The second kappa shape index (κ2) is 11.8. The van der Waals surface area contributed by atoms with Crippen molar-refractivity contribution in [3.63, 3.8) is 0 Å². The van der Waals surface area contributed by atoms with E-state index in [0.29, 0.717) is 19.4 Å². The van der Waals surface area contributed by atoms with Crippen molar-refractivity contribution in [1.29, 1.82) is 0 Å². The van der Waals surface area contributed by atoms with Crippen LogP contribution in [0.4, 0.5) is 0 Å². The Labute approximate surface area is 203 Å². The van der Waals surface area contributed by atoms with Crippen molar-refractivity contribution in [2.24, 2.45) is 11.5 Å². The molecule has 0 bridgehead atoms. The molecule has 0 saturated heterocycles. The number of amides is 2. The predicted octanol–water partition coefficient (Wildman–Crippen LogP) is 4.76. The zero-order chi connectivity index (χ0) is 23.8. The van der Waals surface area contributed by atoms with Gasteiger partial charge in [0, 0.05) is 4.47 Å². The average Bonchev–Trinajstić information content (AvgIpc) is 2.83. The minimum Gasteiger partial charge on any atom is -0.368 e. The van der Waals surface area contributed by atoms with Gasteiger partial charge < -0.3 is 16.4 Å². The van der Waals surface area contributed by atoms with Crippen molar-refractivity contribution in [2.75, 3.05) is 6.54 Å². The Kier molecular flexibility index (Phi) is 8.80. The van der Waals surface area contributed by atoms with E-state index in [1.165, 1.54) is 0 Å². The molecule has 3 rings (SSSR count). The summed E-state index contributed by atoms with van der Waals surface area (Å²) in [4.78, 5) is 28.6. The van der Waals surface area contributed by atoms with Crippen molar-refractivity contribution in [1.82, 2.24) is 4.90 Å². The lowest BCUT2D eigenvalue weighted by Crippen LogP contribution is -2.50. The number of rotatable bonds is 10. The smallest absolute Gasteiger partial charge is 0.240 e. The molecular weight excluding hydrogens is 478 g/mol. The van der Waals surface area contributed by atoms with Gasteiger partial charge in [0.15, 0.2) is 0 Å².